The van der Waals surface area contributed by atoms with E-state index >= 15 is 0 Å². The van der Waals surface area contributed by atoms with Gasteiger partial charge in [-0.25, -0.2) is 0 Å². The van der Waals surface area contributed by atoms with Crippen molar-refractivity contribution in [1.82, 2.24) is 0 Å². The number of nitrogens with zero attached hydrogens (tertiary/aromatic N) is 2. The maximum atomic E-state index is 13.3. The Balaban J connectivity index is 1.60. The summed E-state index contributed by atoms with van der Waals surface area (Å²) in [5.74, 6) is -6.81. The zero-order valence-corrected chi connectivity index (χ0v) is 43.7. The summed E-state index contributed by atoms with van der Waals surface area (Å²) in [4.78, 5) is 125. The van der Waals surface area contributed by atoms with Crippen LogP contribution in [-0.2, 0) is 81.0 Å². The van der Waals surface area contributed by atoms with Gasteiger partial charge in [0.1, 0.15) is 74.6 Å². The molecule has 77 heavy (non-hydrogen) atoms. The molecule has 3 aromatic carbocycles. The summed E-state index contributed by atoms with van der Waals surface area (Å²) in [6.07, 6.45) is 0. The van der Waals surface area contributed by atoms with E-state index in [2.05, 4.69) is 0 Å². The molecule has 0 atom stereocenters. The smallest absolute Gasteiger partial charge is 0.328 e. The van der Waals surface area contributed by atoms with Crippen molar-refractivity contribution >= 4 is 99.1 Å². The lowest BCUT2D eigenvalue weighted by atomic mass is 9.93. The third kappa shape index (κ3) is 18.3. The van der Waals surface area contributed by atoms with Gasteiger partial charge in [0, 0.05) is 56.3 Å². The van der Waals surface area contributed by atoms with E-state index in [4.69, 9.17) is 79.7 Å². The number of fused-ring (bicyclic) bond motifs is 2. The van der Waals surface area contributed by atoms with Gasteiger partial charge in [0.15, 0.2) is 5.78 Å². The molecule has 0 bridgehead atoms. The van der Waals surface area contributed by atoms with E-state index in [1.807, 2.05) is 0 Å². The summed E-state index contributed by atoms with van der Waals surface area (Å²) in [5, 5.41) is 0.268. The summed E-state index contributed by atoms with van der Waals surface area (Å²) in [6.45, 7) is 1.00. The molecule has 26 heteroatoms. The van der Waals surface area contributed by atoms with Crippen LogP contribution >= 0.6 is 23.2 Å². The van der Waals surface area contributed by atoms with Crippen LogP contribution in [0.4, 0.5) is 11.4 Å². The fraction of sp³-hybridized carbons (Fsp3) is 0.333. The number of benzene rings is 4. The molecule has 0 amide bonds. The molecule has 410 valence electrons. The number of ether oxygens (including phenoxy) is 11. The molecule has 0 radical (unpaired) electrons. The number of hydrogen-bond donors (Lipinski definition) is 0. The van der Waals surface area contributed by atoms with Crippen LogP contribution in [0.2, 0.25) is 10.0 Å². The number of carbonyl (C=O) groups excluding carboxylic acids is 9. The highest BCUT2D eigenvalue weighted by Gasteiger charge is 2.27. The van der Waals surface area contributed by atoms with Gasteiger partial charge < -0.3 is 66.3 Å². The predicted octanol–water partition coefficient (Wildman–Crippen LogP) is 5.47. The number of rotatable bonds is 27. The first kappa shape index (κ1) is 59.2. The molecule has 0 N–H and O–H groups in total. The quantitative estimate of drug-likeness (QED) is 0.0207. The molecule has 1 heterocycles. The molecule has 0 fully saturated rings. The minimum Gasteiger partial charge on any atom is -0.488 e. The number of ketones is 1. The fourth-order valence-electron chi connectivity index (χ4n) is 6.81. The average molecular weight is 1110 g/mol. The molecule has 0 saturated carbocycles. The van der Waals surface area contributed by atoms with Gasteiger partial charge in [-0.05, 0) is 61.4 Å². The normalized spacial score (nSPS) is 10.6. The van der Waals surface area contributed by atoms with Gasteiger partial charge in [-0.15, -0.1) is 0 Å². The molecule has 0 aromatic heterocycles. The van der Waals surface area contributed by atoms with Crippen molar-refractivity contribution < 1.29 is 99.7 Å². The minimum absolute atomic E-state index is 0.0371. The summed E-state index contributed by atoms with van der Waals surface area (Å²) in [5.41, 5.74) is 1.53. The van der Waals surface area contributed by atoms with E-state index in [0.29, 0.717) is 27.6 Å². The minimum atomic E-state index is -0.985. The lowest BCUT2D eigenvalue weighted by Crippen LogP contribution is -2.37. The van der Waals surface area contributed by atoms with Gasteiger partial charge in [-0.2, -0.15) is 0 Å². The first-order chi connectivity index (χ1) is 36.6. The van der Waals surface area contributed by atoms with E-state index in [1.54, 1.807) is 25.1 Å². The second kappa shape index (κ2) is 28.3. The summed E-state index contributed by atoms with van der Waals surface area (Å²) in [6, 6.07) is 14.9. The Kier molecular flexibility index (Phi) is 21.8. The maximum absolute atomic E-state index is 13.3. The van der Waals surface area contributed by atoms with Gasteiger partial charge in [0.05, 0.1) is 21.4 Å². The molecule has 0 spiro atoms. The molecule has 0 saturated heterocycles. The lowest BCUT2D eigenvalue weighted by molar-refractivity contribution is -0.167. The van der Waals surface area contributed by atoms with Crippen LogP contribution in [0.25, 0.3) is 33.4 Å². The largest absolute Gasteiger partial charge is 0.488 e. The Morgan fingerprint density at radius 3 is 1.42 bits per heavy atom. The van der Waals surface area contributed by atoms with Crippen molar-refractivity contribution in [3.63, 3.8) is 0 Å². The highest BCUT2D eigenvalue weighted by Crippen LogP contribution is 2.45. The number of halogens is 2. The van der Waals surface area contributed by atoms with Crippen LogP contribution in [0.1, 0.15) is 40.2 Å². The third-order valence-electron chi connectivity index (χ3n) is 10.1. The number of esters is 8. The number of Topliss-reactive ketones (excluding diaryl/α,β-unsaturated/α-hetero) is 1. The monoisotopic (exact) mass is 1110 g/mol. The molecule has 24 nitrogen and oxygen atoms in total. The van der Waals surface area contributed by atoms with E-state index in [-0.39, 0.29) is 75.6 Å². The van der Waals surface area contributed by atoms with Crippen molar-refractivity contribution in [3.8, 4) is 39.7 Å². The topological polar surface area (TPSA) is 292 Å². The Morgan fingerprint density at radius 2 is 0.961 bits per heavy atom. The SMILES string of the molecule is CC(=O)COc1cc2oc3cc(=O)c(Cl)cc-3c(-c3ccc(N(CC(=O)OCOC(C)=O)CC(=O)OCOC(C)=O)c(OCCOc4cc(C)ccc4N(CC(=O)OCOC(C)=O)CC(=O)OCOC(C)=O)c3)c2cc1Cl. The summed E-state index contributed by atoms with van der Waals surface area (Å²) >= 11 is 13.1. The summed E-state index contributed by atoms with van der Waals surface area (Å²) in [7, 11) is 0. The highest BCUT2D eigenvalue weighted by molar-refractivity contribution is 6.33. The van der Waals surface area contributed by atoms with Crippen LogP contribution in [0.5, 0.6) is 17.2 Å². The Hall–Kier alpha value is -8.64. The zero-order valence-electron chi connectivity index (χ0n) is 42.2. The van der Waals surface area contributed by atoms with Crippen LogP contribution in [-0.4, -0.2) is 127 Å². The zero-order chi connectivity index (χ0) is 56.3. The number of hydrogen-bond acceptors (Lipinski definition) is 24. The highest BCUT2D eigenvalue weighted by atomic mass is 35.5. The number of carbonyl (C=O) groups is 9. The molecular weight excluding hydrogens is 1060 g/mol. The Morgan fingerprint density at radius 1 is 0.506 bits per heavy atom. The van der Waals surface area contributed by atoms with Crippen molar-refractivity contribution in [2.24, 2.45) is 0 Å². The lowest BCUT2D eigenvalue weighted by Gasteiger charge is -2.27. The van der Waals surface area contributed by atoms with Gasteiger partial charge >= 0.3 is 47.8 Å². The number of anilines is 2. The van der Waals surface area contributed by atoms with Gasteiger partial charge in [0.2, 0.25) is 32.6 Å². The van der Waals surface area contributed by atoms with E-state index in [0.717, 1.165) is 27.7 Å². The molecular formula is C51H50Cl2N2O22. The molecule has 3 aromatic rings. The second-order valence-electron chi connectivity index (χ2n) is 16.2. The average Bonchev–Trinajstić information content (AvgIpc) is 3.33. The first-order valence-electron chi connectivity index (χ1n) is 22.8. The molecule has 0 unspecified atom stereocenters. The van der Waals surface area contributed by atoms with Crippen molar-refractivity contribution in [3.05, 3.63) is 86.5 Å². The molecule has 1 aliphatic carbocycles. The third-order valence-corrected chi connectivity index (χ3v) is 10.7. The van der Waals surface area contributed by atoms with Gasteiger partial charge in [0.25, 0.3) is 0 Å². The Bertz CT molecular complexity index is 3000. The van der Waals surface area contributed by atoms with Crippen LogP contribution in [0.3, 0.4) is 0 Å². The number of aryl methyl sites for hydroxylation is 1. The molecule has 1 aliphatic heterocycles. The summed E-state index contributed by atoms with van der Waals surface area (Å²) < 4.78 is 63.6. The molecule has 5 rings (SSSR count). The van der Waals surface area contributed by atoms with Crippen LogP contribution in [0.15, 0.2) is 69.9 Å². The van der Waals surface area contributed by atoms with E-state index < -0.39 is 107 Å². The van der Waals surface area contributed by atoms with E-state index in [9.17, 15) is 47.9 Å². The maximum Gasteiger partial charge on any atom is 0.328 e. The first-order valence-corrected chi connectivity index (χ1v) is 23.5. The van der Waals surface area contributed by atoms with Gasteiger partial charge in [-0.1, -0.05) is 35.3 Å². The van der Waals surface area contributed by atoms with Crippen molar-refractivity contribution in [2.45, 2.75) is 41.5 Å². The van der Waals surface area contributed by atoms with Crippen molar-refractivity contribution in [2.75, 3.05) is 83.0 Å². The standard InChI is InChI=1S/C51H50Cl2N2O22/c1-28-7-9-39(54(19-47(62)73-24-69-30(3)57)20-48(63)74-25-70-31(4)58)45(13-28)66-11-12-67-46-14-34(8-10-40(46)55(21-49(64)75-26-71-32(5)59)22-50(65)76-27-72-33(6)60)51-35-15-37(52)41(61)17-42(35)77-43-18-44(68-23-29(2)56)38(53)16-36(43)51/h7-10,13-18H,11-12,19-27H2,1-6H3. The Labute approximate surface area is 448 Å². The predicted molar refractivity (Wildman–Crippen MR) is 268 cm³/mol. The second-order valence-corrected chi connectivity index (χ2v) is 17.0. The fourth-order valence-corrected chi connectivity index (χ4v) is 7.19. The van der Waals surface area contributed by atoms with Gasteiger partial charge in [-0.3, -0.25) is 47.9 Å². The van der Waals surface area contributed by atoms with E-state index in [1.165, 1.54) is 59.2 Å². The van der Waals surface area contributed by atoms with Crippen molar-refractivity contribution in [1.29, 1.82) is 0 Å². The van der Waals surface area contributed by atoms with Crippen LogP contribution < -0.4 is 29.4 Å². The van der Waals surface area contributed by atoms with Crippen LogP contribution in [0, 0.1) is 6.92 Å². The molecule has 2 aliphatic rings.